The van der Waals surface area contributed by atoms with Gasteiger partial charge in [0, 0.05) is 12.6 Å². The van der Waals surface area contributed by atoms with Crippen LogP contribution in [0.4, 0.5) is 16.2 Å². The number of nitro benzene ring substituents is 2. The maximum Gasteiger partial charge on any atom is 0.318 e. The van der Waals surface area contributed by atoms with Gasteiger partial charge < -0.3 is 9.47 Å². The zero-order valence-electron chi connectivity index (χ0n) is 19.4. The second kappa shape index (κ2) is 10.9. The molecule has 2 amide bonds. The summed E-state index contributed by atoms with van der Waals surface area (Å²) in [6.45, 7) is 0.260. The number of thioether (sulfide) groups is 1. The quantitative estimate of drug-likeness (QED) is 0.200. The van der Waals surface area contributed by atoms with Crippen LogP contribution in [0.2, 0.25) is 0 Å². The van der Waals surface area contributed by atoms with Gasteiger partial charge in [-0.3, -0.25) is 34.7 Å². The number of nitrogens with zero attached hydrogens (tertiary/aromatic N) is 3. The average Bonchev–Trinajstić information content (AvgIpc) is 3.15. The Hall–Kier alpha value is -4.71. The molecule has 0 N–H and O–H groups in total. The molecule has 0 aliphatic carbocycles. The first kappa shape index (κ1) is 25.4. The highest BCUT2D eigenvalue weighted by Gasteiger charge is 2.34. The molecule has 1 saturated heterocycles. The fraction of sp³-hybridized carbons (Fsp3) is 0.120. The number of amides is 2. The molecular formula is C25H19N3O8S. The Kier molecular flexibility index (Phi) is 7.49. The molecular weight excluding hydrogens is 502 g/mol. The van der Waals surface area contributed by atoms with Crippen molar-refractivity contribution in [3.05, 3.63) is 103 Å². The second-order valence-electron chi connectivity index (χ2n) is 7.75. The van der Waals surface area contributed by atoms with Gasteiger partial charge in [-0.1, -0.05) is 36.4 Å². The molecule has 0 unspecified atom stereocenters. The number of hydrogen-bond donors (Lipinski definition) is 0. The molecule has 0 bridgehead atoms. The van der Waals surface area contributed by atoms with Gasteiger partial charge in [0.25, 0.3) is 16.8 Å². The number of rotatable bonds is 9. The maximum absolute atomic E-state index is 12.8. The van der Waals surface area contributed by atoms with Crippen LogP contribution in [0.15, 0.2) is 71.6 Å². The standard InChI is InChI=1S/C25H19N3O8S/c1-35-22-13-17(7-9-21(22)36-20-10-8-18(27(31)32)15-19(20)28(33)34)14-23-24(29)26(25(30)37-23)12-11-16-5-3-2-4-6-16/h2-10,13-15H,11-12H2,1H3/b23-14+. The maximum atomic E-state index is 12.8. The van der Waals surface area contributed by atoms with Crippen molar-refractivity contribution < 1.29 is 28.9 Å². The van der Waals surface area contributed by atoms with Gasteiger partial charge in [-0.25, -0.2) is 0 Å². The van der Waals surface area contributed by atoms with E-state index in [1.165, 1.54) is 18.1 Å². The minimum absolute atomic E-state index is 0.118. The predicted molar refractivity (Wildman–Crippen MR) is 136 cm³/mol. The molecule has 1 aliphatic rings. The van der Waals surface area contributed by atoms with E-state index in [2.05, 4.69) is 0 Å². The average molecular weight is 522 g/mol. The van der Waals surface area contributed by atoms with Gasteiger partial charge in [0.1, 0.15) is 0 Å². The molecule has 0 aromatic heterocycles. The first-order valence-electron chi connectivity index (χ1n) is 10.8. The van der Waals surface area contributed by atoms with Crippen LogP contribution in [-0.4, -0.2) is 39.5 Å². The number of carbonyl (C=O) groups is 2. The van der Waals surface area contributed by atoms with Crippen molar-refractivity contribution in [3.8, 4) is 17.2 Å². The molecule has 0 atom stereocenters. The minimum atomic E-state index is -0.781. The topological polar surface area (TPSA) is 142 Å². The zero-order valence-corrected chi connectivity index (χ0v) is 20.2. The van der Waals surface area contributed by atoms with Gasteiger partial charge in [-0.2, -0.15) is 0 Å². The summed E-state index contributed by atoms with van der Waals surface area (Å²) >= 11 is 0.837. The Labute approximate surface area is 214 Å². The van der Waals surface area contributed by atoms with E-state index < -0.39 is 27.1 Å². The highest BCUT2D eigenvalue weighted by Crippen LogP contribution is 2.39. The van der Waals surface area contributed by atoms with Crippen molar-refractivity contribution >= 4 is 40.4 Å². The van der Waals surface area contributed by atoms with E-state index in [4.69, 9.17) is 9.47 Å². The molecule has 12 heteroatoms. The Bertz CT molecular complexity index is 1420. The Morgan fingerprint density at radius 3 is 2.32 bits per heavy atom. The summed E-state index contributed by atoms with van der Waals surface area (Å²) in [7, 11) is 1.37. The molecule has 188 valence electrons. The molecule has 11 nitrogen and oxygen atoms in total. The minimum Gasteiger partial charge on any atom is -0.493 e. The second-order valence-corrected chi connectivity index (χ2v) is 8.74. The lowest BCUT2D eigenvalue weighted by molar-refractivity contribution is -0.394. The van der Waals surface area contributed by atoms with Gasteiger partial charge in [-0.15, -0.1) is 0 Å². The monoisotopic (exact) mass is 521 g/mol. The van der Waals surface area contributed by atoms with Crippen LogP contribution in [0.1, 0.15) is 11.1 Å². The van der Waals surface area contributed by atoms with Gasteiger partial charge in [0.05, 0.1) is 27.9 Å². The van der Waals surface area contributed by atoms with E-state index in [0.717, 1.165) is 35.5 Å². The summed E-state index contributed by atoms with van der Waals surface area (Å²) in [5.41, 5.74) is 0.527. The third-order valence-corrected chi connectivity index (χ3v) is 6.30. The van der Waals surface area contributed by atoms with E-state index in [9.17, 15) is 29.8 Å². The lowest BCUT2D eigenvalue weighted by atomic mass is 10.1. The zero-order chi connectivity index (χ0) is 26.5. The van der Waals surface area contributed by atoms with Crippen molar-refractivity contribution in [1.29, 1.82) is 0 Å². The van der Waals surface area contributed by atoms with Gasteiger partial charge >= 0.3 is 5.69 Å². The van der Waals surface area contributed by atoms with Crippen LogP contribution in [0.5, 0.6) is 17.2 Å². The fourth-order valence-electron chi connectivity index (χ4n) is 3.55. The van der Waals surface area contributed by atoms with Crippen LogP contribution in [0, 0.1) is 20.2 Å². The van der Waals surface area contributed by atoms with Crippen molar-refractivity contribution in [2.45, 2.75) is 6.42 Å². The van der Waals surface area contributed by atoms with E-state index in [1.807, 2.05) is 30.3 Å². The lowest BCUT2D eigenvalue weighted by Gasteiger charge is -2.12. The molecule has 1 fully saturated rings. The number of hydrogen-bond acceptors (Lipinski definition) is 9. The predicted octanol–water partition coefficient (Wildman–Crippen LogP) is 5.58. The molecule has 0 spiro atoms. The number of nitro groups is 2. The van der Waals surface area contributed by atoms with Crippen molar-refractivity contribution in [2.75, 3.05) is 13.7 Å². The first-order chi connectivity index (χ1) is 17.8. The van der Waals surface area contributed by atoms with Crippen LogP contribution < -0.4 is 9.47 Å². The third kappa shape index (κ3) is 5.76. The highest BCUT2D eigenvalue weighted by atomic mass is 32.2. The summed E-state index contributed by atoms with van der Waals surface area (Å²) in [4.78, 5) is 47.5. The SMILES string of the molecule is COc1cc(/C=C2/SC(=O)N(CCc3ccccc3)C2=O)ccc1Oc1ccc([N+](=O)[O-])cc1[N+](=O)[O-]. The van der Waals surface area contributed by atoms with Crippen LogP contribution >= 0.6 is 11.8 Å². The van der Waals surface area contributed by atoms with Crippen molar-refractivity contribution in [3.63, 3.8) is 0 Å². The molecule has 37 heavy (non-hydrogen) atoms. The number of imide groups is 1. The number of methoxy groups -OCH3 is 1. The van der Waals surface area contributed by atoms with Crippen LogP contribution in [0.3, 0.4) is 0 Å². The van der Waals surface area contributed by atoms with E-state index in [-0.39, 0.29) is 33.9 Å². The third-order valence-electron chi connectivity index (χ3n) is 5.40. The fourth-order valence-corrected chi connectivity index (χ4v) is 4.42. The smallest absolute Gasteiger partial charge is 0.318 e. The van der Waals surface area contributed by atoms with Crippen LogP contribution in [0.25, 0.3) is 6.08 Å². The number of non-ortho nitro benzene ring substituents is 1. The summed E-state index contributed by atoms with van der Waals surface area (Å²) in [6.07, 6.45) is 2.09. The van der Waals surface area contributed by atoms with E-state index in [0.29, 0.717) is 12.0 Å². The van der Waals surface area contributed by atoms with Gasteiger partial charge in [0.2, 0.25) is 5.75 Å². The van der Waals surface area contributed by atoms with Crippen LogP contribution in [-0.2, 0) is 11.2 Å². The summed E-state index contributed by atoms with van der Waals surface area (Å²) in [5, 5.41) is 22.0. The summed E-state index contributed by atoms with van der Waals surface area (Å²) in [6, 6.07) is 17.2. The molecule has 0 saturated carbocycles. The molecule has 1 heterocycles. The molecule has 4 rings (SSSR count). The molecule has 0 radical (unpaired) electrons. The van der Waals surface area contributed by atoms with Crippen molar-refractivity contribution in [2.24, 2.45) is 0 Å². The number of ether oxygens (including phenoxy) is 2. The summed E-state index contributed by atoms with van der Waals surface area (Å²) in [5.74, 6) is -0.287. The molecule has 3 aromatic rings. The van der Waals surface area contributed by atoms with Gasteiger partial charge in [-0.05, 0) is 53.6 Å². The number of carbonyl (C=O) groups excluding carboxylic acids is 2. The Morgan fingerprint density at radius 2 is 1.65 bits per heavy atom. The normalized spacial score (nSPS) is 14.2. The summed E-state index contributed by atoms with van der Waals surface area (Å²) < 4.78 is 11.0. The molecule has 3 aromatic carbocycles. The molecule has 1 aliphatic heterocycles. The first-order valence-corrected chi connectivity index (χ1v) is 11.7. The highest BCUT2D eigenvalue weighted by molar-refractivity contribution is 8.18. The largest absolute Gasteiger partial charge is 0.493 e. The number of benzene rings is 3. The van der Waals surface area contributed by atoms with E-state index >= 15 is 0 Å². The lowest BCUT2D eigenvalue weighted by Crippen LogP contribution is -2.30. The van der Waals surface area contributed by atoms with Crippen molar-refractivity contribution in [1.82, 2.24) is 4.90 Å². The van der Waals surface area contributed by atoms with E-state index in [1.54, 1.807) is 18.2 Å². The Morgan fingerprint density at radius 1 is 0.919 bits per heavy atom. The van der Waals surface area contributed by atoms with Gasteiger partial charge in [0.15, 0.2) is 11.5 Å². The Balaban J connectivity index is 1.53.